The molecule has 1 aliphatic carbocycles. The lowest BCUT2D eigenvalue weighted by atomic mass is 9.82. The first-order valence-corrected chi connectivity index (χ1v) is 8.45. The van der Waals surface area contributed by atoms with Crippen molar-refractivity contribution in [3.05, 3.63) is 0 Å². The van der Waals surface area contributed by atoms with Crippen LogP contribution in [0, 0.1) is 5.92 Å². The Morgan fingerprint density at radius 1 is 1.17 bits per heavy atom. The number of nitrogens with one attached hydrogen (secondary N) is 1. The van der Waals surface area contributed by atoms with Crippen LogP contribution in [0.25, 0.3) is 0 Å². The number of hydrogen-bond donors (Lipinski definition) is 2. The standard InChI is InChI=1S/C16H26N2O5/c1-2-23-13(19)12-6-10-18(11-7-12)15(22)17-16(14(20)21)8-4-3-5-9-16/h12H,2-11H2,1H3,(H,17,22)(H,20,21). The highest BCUT2D eigenvalue weighted by Crippen LogP contribution is 2.29. The molecular formula is C16H26N2O5. The van der Waals surface area contributed by atoms with Crippen molar-refractivity contribution in [3.63, 3.8) is 0 Å². The van der Waals surface area contributed by atoms with Gasteiger partial charge in [-0.25, -0.2) is 9.59 Å². The van der Waals surface area contributed by atoms with Gasteiger partial charge in [-0.15, -0.1) is 0 Å². The van der Waals surface area contributed by atoms with E-state index in [2.05, 4.69) is 5.32 Å². The minimum absolute atomic E-state index is 0.165. The lowest BCUT2D eigenvalue weighted by Crippen LogP contribution is -2.59. The van der Waals surface area contributed by atoms with Crippen LogP contribution in [0.3, 0.4) is 0 Å². The molecule has 7 nitrogen and oxygen atoms in total. The zero-order chi connectivity index (χ0) is 16.9. The fourth-order valence-corrected chi connectivity index (χ4v) is 3.41. The molecule has 0 radical (unpaired) electrons. The second kappa shape index (κ2) is 7.66. The van der Waals surface area contributed by atoms with Crippen molar-refractivity contribution in [2.24, 2.45) is 5.92 Å². The Morgan fingerprint density at radius 3 is 2.30 bits per heavy atom. The number of carbonyl (C=O) groups excluding carboxylic acids is 2. The zero-order valence-electron chi connectivity index (χ0n) is 13.7. The minimum Gasteiger partial charge on any atom is -0.480 e. The van der Waals surface area contributed by atoms with E-state index < -0.39 is 11.5 Å². The number of carbonyl (C=O) groups is 3. The number of carboxylic acid groups (broad SMARTS) is 1. The van der Waals surface area contributed by atoms with Gasteiger partial charge in [0.2, 0.25) is 0 Å². The molecule has 1 heterocycles. The number of rotatable bonds is 4. The van der Waals surface area contributed by atoms with Crippen molar-refractivity contribution in [1.82, 2.24) is 10.2 Å². The summed E-state index contributed by atoms with van der Waals surface area (Å²) >= 11 is 0. The summed E-state index contributed by atoms with van der Waals surface area (Å²) in [5, 5.41) is 12.3. The van der Waals surface area contributed by atoms with Crippen LogP contribution in [0.4, 0.5) is 4.79 Å². The Hall–Kier alpha value is -1.79. The first kappa shape index (κ1) is 17.6. The van der Waals surface area contributed by atoms with Gasteiger partial charge < -0.3 is 20.1 Å². The summed E-state index contributed by atoms with van der Waals surface area (Å²) in [5.41, 5.74) is -1.13. The average molecular weight is 326 g/mol. The van der Waals surface area contributed by atoms with E-state index in [1.165, 1.54) is 0 Å². The second-order valence-corrected chi connectivity index (χ2v) is 6.39. The maximum Gasteiger partial charge on any atom is 0.329 e. The van der Waals surface area contributed by atoms with Gasteiger partial charge in [0.15, 0.2) is 0 Å². The van der Waals surface area contributed by atoms with Gasteiger partial charge in [0.1, 0.15) is 5.54 Å². The molecule has 0 bridgehead atoms. The zero-order valence-corrected chi connectivity index (χ0v) is 13.7. The van der Waals surface area contributed by atoms with Crippen LogP contribution in [0.5, 0.6) is 0 Å². The first-order valence-electron chi connectivity index (χ1n) is 8.45. The Morgan fingerprint density at radius 2 is 1.78 bits per heavy atom. The number of aliphatic carboxylic acids is 1. The smallest absolute Gasteiger partial charge is 0.329 e. The molecule has 7 heteroatoms. The van der Waals surface area contributed by atoms with Crippen LogP contribution >= 0.6 is 0 Å². The summed E-state index contributed by atoms with van der Waals surface area (Å²) in [6, 6.07) is -0.336. The van der Waals surface area contributed by atoms with E-state index in [1.54, 1.807) is 11.8 Å². The molecule has 0 aromatic heterocycles. The Kier molecular flexibility index (Phi) is 5.85. The highest BCUT2D eigenvalue weighted by atomic mass is 16.5. The van der Waals surface area contributed by atoms with Crippen molar-refractivity contribution in [1.29, 1.82) is 0 Å². The molecular weight excluding hydrogens is 300 g/mol. The summed E-state index contributed by atoms with van der Waals surface area (Å²) in [4.78, 5) is 37.3. The topological polar surface area (TPSA) is 95.9 Å². The summed E-state index contributed by atoms with van der Waals surface area (Å²) < 4.78 is 5.01. The van der Waals surface area contributed by atoms with Gasteiger partial charge in [-0.05, 0) is 32.6 Å². The predicted molar refractivity (Wildman–Crippen MR) is 82.9 cm³/mol. The lowest BCUT2D eigenvalue weighted by molar-refractivity contribution is -0.149. The second-order valence-electron chi connectivity index (χ2n) is 6.39. The van der Waals surface area contributed by atoms with E-state index in [4.69, 9.17) is 4.74 Å². The van der Waals surface area contributed by atoms with E-state index in [-0.39, 0.29) is 17.9 Å². The molecule has 2 amide bonds. The number of amides is 2. The average Bonchev–Trinajstić information content (AvgIpc) is 2.56. The van der Waals surface area contributed by atoms with Gasteiger partial charge >= 0.3 is 18.0 Å². The molecule has 0 unspecified atom stereocenters. The normalized spacial score (nSPS) is 21.5. The molecule has 1 saturated heterocycles. The van der Waals surface area contributed by atoms with Crippen LogP contribution in [0.2, 0.25) is 0 Å². The summed E-state index contributed by atoms with van der Waals surface area (Å²) in [5.74, 6) is -1.32. The summed E-state index contributed by atoms with van der Waals surface area (Å²) in [6.07, 6.45) is 4.73. The molecule has 23 heavy (non-hydrogen) atoms. The van der Waals surface area contributed by atoms with Crippen molar-refractivity contribution < 1.29 is 24.2 Å². The molecule has 1 saturated carbocycles. The number of nitrogens with zero attached hydrogens (tertiary/aromatic N) is 1. The number of ether oxygens (including phenoxy) is 1. The van der Waals surface area contributed by atoms with Gasteiger partial charge in [0, 0.05) is 13.1 Å². The first-order chi connectivity index (χ1) is 11.0. The van der Waals surface area contributed by atoms with Gasteiger partial charge in [-0.1, -0.05) is 19.3 Å². The van der Waals surface area contributed by atoms with Gasteiger partial charge in [-0.3, -0.25) is 4.79 Å². The number of piperidine rings is 1. The van der Waals surface area contributed by atoms with Crippen LogP contribution in [0.1, 0.15) is 51.9 Å². The monoisotopic (exact) mass is 326 g/mol. The SMILES string of the molecule is CCOC(=O)C1CCN(C(=O)NC2(C(=O)O)CCCCC2)CC1. The molecule has 1 aliphatic heterocycles. The van der Waals surface area contributed by atoms with Gasteiger partial charge in [0.05, 0.1) is 12.5 Å². The molecule has 0 atom stereocenters. The fourth-order valence-electron chi connectivity index (χ4n) is 3.41. The highest BCUT2D eigenvalue weighted by molar-refractivity contribution is 5.86. The third-order valence-electron chi connectivity index (χ3n) is 4.86. The van der Waals surface area contributed by atoms with E-state index in [9.17, 15) is 19.5 Å². The number of esters is 1. The lowest BCUT2D eigenvalue weighted by Gasteiger charge is -2.37. The minimum atomic E-state index is -1.13. The predicted octanol–water partition coefficient (Wildman–Crippen LogP) is 1.76. The fraction of sp³-hybridized carbons (Fsp3) is 0.812. The van der Waals surface area contributed by atoms with Crippen LogP contribution in [-0.2, 0) is 14.3 Å². The molecule has 2 N–H and O–H groups in total. The number of urea groups is 1. The summed E-state index contributed by atoms with van der Waals surface area (Å²) in [6.45, 7) is 3.03. The van der Waals surface area contributed by atoms with Crippen molar-refractivity contribution >= 4 is 18.0 Å². The number of hydrogen-bond acceptors (Lipinski definition) is 4. The Balaban J connectivity index is 1.89. The maximum absolute atomic E-state index is 12.4. The van der Waals surface area contributed by atoms with E-state index >= 15 is 0 Å². The largest absolute Gasteiger partial charge is 0.480 e. The van der Waals surface area contributed by atoms with E-state index in [1.807, 2.05) is 0 Å². The number of carboxylic acids is 1. The Bertz CT molecular complexity index is 451. The van der Waals surface area contributed by atoms with Gasteiger partial charge in [-0.2, -0.15) is 0 Å². The summed E-state index contributed by atoms with van der Waals surface area (Å²) in [7, 11) is 0. The van der Waals surface area contributed by atoms with Crippen LogP contribution < -0.4 is 5.32 Å². The molecule has 2 aliphatic rings. The quantitative estimate of drug-likeness (QED) is 0.767. The van der Waals surface area contributed by atoms with E-state index in [0.717, 1.165) is 19.3 Å². The molecule has 0 aromatic rings. The van der Waals surface area contributed by atoms with Crippen LogP contribution in [-0.4, -0.2) is 53.2 Å². The molecule has 2 fully saturated rings. The third-order valence-corrected chi connectivity index (χ3v) is 4.86. The Labute approximate surface area is 136 Å². The highest BCUT2D eigenvalue weighted by Gasteiger charge is 2.42. The molecule has 0 spiro atoms. The van der Waals surface area contributed by atoms with Crippen LogP contribution in [0.15, 0.2) is 0 Å². The molecule has 130 valence electrons. The van der Waals surface area contributed by atoms with Crippen molar-refractivity contribution in [2.45, 2.75) is 57.4 Å². The van der Waals surface area contributed by atoms with Gasteiger partial charge in [0.25, 0.3) is 0 Å². The molecule has 2 rings (SSSR count). The third kappa shape index (κ3) is 4.14. The van der Waals surface area contributed by atoms with Crippen molar-refractivity contribution in [2.75, 3.05) is 19.7 Å². The molecule has 0 aromatic carbocycles. The maximum atomic E-state index is 12.4. The van der Waals surface area contributed by atoms with Crippen molar-refractivity contribution in [3.8, 4) is 0 Å². The number of likely N-dealkylation sites (tertiary alicyclic amines) is 1. The van der Waals surface area contributed by atoms with E-state index in [0.29, 0.717) is 45.4 Å².